The van der Waals surface area contributed by atoms with Gasteiger partial charge in [0, 0.05) is 4.43 Å². The molecule has 0 saturated heterocycles. The average molecular weight is 197 g/mol. The van der Waals surface area contributed by atoms with E-state index in [0.717, 1.165) is 4.43 Å². The van der Waals surface area contributed by atoms with Crippen LogP contribution in [0.5, 0.6) is 0 Å². The molecule has 6 heavy (non-hydrogen) atoms. The summed E-state index contributed by atoms with van der Waals surface area (Å²) in [6, 6.07) is 0. The van der Waals surface area contributed by atoms with Gasteiger partial charge >= 0.3 is 0 Å². The summed E-state index contributed by atoms with van der Waals surface area (Å²) in [6.07, 6.45) is 1.86. The highest BCUT2D eigenvalue weighted by atomic mass is 127. The van der Waals surface area contributed by atoms with Crippen LogP contribution in [0.3, 0.4) is 0 Å². The molecule has 0 rings (SSSR count). The summed E-state index contributed by atoms with van der Waals surface area (Å²) >= 11 is 2.23. The number of halogens is 1. The SMILES string of the molecule is C=CCI.C=N. The van der Waals surface area contributed by atoms with Gasteiger partial charge in [-0.3, -0.25) is 0 Å². The monoisotopic (exact) mass is 197 g/mol. The van der Waals surface area contributed by atoms with Gasteiger partial charge in [0.1, 0.15) is 0 Å². The normalized spacial score (nSPS) is 4.83. The van der Waals surface area contributed by atoms with Gasteiger partial charge in [-0.15, -0.1) is 6.58 Å². The lowest BCUT2D eigenvalue weighted by molar-refractivity contribution is 1.61. The first kappa shape index (κ1) is 9.46. The van der Waals surface area contributed by atoms with Crippen LogP contribution in [0.15, 0.2) is 12.7 Å². The zero-order valence-electron chi connectivity index (χ0n) is 3.58. The number of rotatable bonds is 1. The maximum absolute atomic E-state index is 5.50. The van der Waals surface area contributed by atoms with E-state index in [4.69, 9.17) is 5.41 Å². The van der Waals surface area contributed by atoms with E-state index in [2.05, 4.69) is 35.9 Å². The summed E-state index contributed by atoms with van der Waals surface area (Å²) in [6.45, 7) is 5.97. The van der Waals surface area contributed by atoms with Crippen molar-refractivity contribution in [2.45, 2.75) is 0 Å². The topological polar surface area (TPSA) is 23.9 Å². The van der Waals surface area contributed by atoms with Crippen molar-refractivity contribution in [1.82, 2.24) is 0 Å². The van der Waals surface area contributed by atoms with Crippen molar-refractivity contribution in [2.75, 3.05) is 4.43 Å². The molecule has 0 unspecified atom stereocenters. The lowest BCUT2D eigenvalue weighted by Gasteiger charge is -1.55. The van der Waals surface area contributed by atoms with E-state index in [1.807, 2.05) is 6.08 Å². The van der Waals surface area contributed by atoms with Crippen LogP contribution < -0.4 is 0 Å². The van der Waals surface area contributed by atoms with Crippen molar-refractivity contribution >= 4 is 29.3 Å². The van der Waals surface area contributed by atoms with E-state index in [-0.39, 0.29) is 0 Å². The van der Waals surface area contributed by atoms with Crippen LogP contribution in [0.2, 0.25) is 0 Å². The number of hydrogen-bond donors (Lipinski definition) is 1. The zero-order chi connectivity index (χ0) is 5.41. The minimum absolute atomic E-state index is 1.05. The summed E-state index contributed by atoms with van der Waals surface area (Å²) in [5.41, 5.74) is 0. The van der Waals surface area contributed by atoms with E-state index in [9.17, 15) is 0 Å². The van der Waals surface area contributed by atoms with Crippen molar-refractivity contribution in [3.63, 3.8) is 0 Å². The van der Waals surface area contributed by atoms with Gasteiger partial charge < -0.3 is 5.41 Å². The number of allylic oxidation sites excluding steroid dienone is 1. The summed E-state index contributed by atoms with van der Waals surface area (Å²) < 4.78 is 1.05. The molecule has 0 atom stereocenters. The molecule has 0 aliphatic heterocycles. The van der Waals surface area contributed by atoms with Crippen LogP contribution >= 0.6 is 22.6 Å². The van der Waals surface area contributed by atoms with E-state index >= 15 is 0 Å². The Kier molecular flexibility index (Phi) is 30.3. The molecule has 0 fully saturated rings. The molecule has 0 aromatic rings. The van der Waals surface area contributed by atoms with Crippen LogP contribution in [-0.2, 0) is 0 Å². The smallest absolute Gasteiger partial charge is 0.0173 e. The van der Waals surface area contributed by atoms with Crippen molar-refractivity contribution in [3.05, 3.63) is 12.7 Å². The highest BCUT2D eigenvalue weighted by Gasteiger charge is 1.47. The lowest BCUT2D eigenvalue weighted by Crippen LogP contribution is -1.43. The second kappa shape index (κ2) is 19.2. The molecule has 0 radical (unpaired) electrons. The fraction of sp³-hybridized carbons (Fsp3) is 0.250. The van der Waals surface area contributed by atoms with Gasteiger partial charge in [-0.05, 0) is 6.72 Å². The first-order chi connectivity index (χ1) is 2.91. The lowest BCUT2D eigenvalue weighted by atomic mass is 10.8. The first-order valence-electron chi connectivity index (χ1n) is 1.44. The van der Waals surface area contributed by atoms with E-state index in [1.54, 1.807) is 0 Å². The van der Waals surface area contributed by atoms with E-state index < -0.39 is 0 Å². The zero-order valence-corrected chi connectivity index (χ0v) is 5.73. The Morgan fingerprint density at radius 1 is 1.67 bits per heavy atom. The Morgan fingerprint density at radius 3 is 1.83 bits per heavy atom. The number of hydrogen-bond acceptors (Lipinski definition) is 1. The van der Waals surface area contributed by atoms with E-state index in [0.29, 0.717) is 0 Å². The van der Waals surface area contributed by atoms with Gasteiger partial charge in [-0.2, -0.15) is 0 Å². The van der Waals surface area contributed by atoms with Crippen LogP contribution in [0.1, 0.15) is 0 Å². The van der Waals surface area contributed by atoms with Crippen molar-refractivity contribution < 1.29 is 0 Å². The minimum atomic E-state index is 1.05. The molecular weight excluding hydrogens is 189 g/mol. The highest BCUT2D eigenvalue weighted by molar-refractivity contribution is 14.1. The maximum Gasteiger partial charge on any atom is 0.0173 e. The highest BCUT2D eigenvalue weighted by Crippen LogP contribution is 1.75. The third-order valence-electron chi connectivity index (χ3n) is 0.109. The third-order valence-corrected chi connectivity index (χ3v) is 0.732. The Hall–Kier alpha value is 0.140. The summed E-state index contributed by atoms with van der Waals surface area (Å²) in [5.74, 6) is 0. The Labute approximate surface area is 52.1 Å². The molecule has 0 aromatic carbocycles. The second-order valence-corrected chi connectivity index (χ2v) is 1.32. The molecular formula is C4H8IN. The maximum atomic E-state index is 5.50. The Bertz CT molecular complexity index is 28.7. The van der Waals surface area contributed by atoms with E-state index in [1.165, 1.54) is 0 Å². The molecule has 0 aliphatic rings. The molecule has 0 bridgehead atoms. The summed E-state index contributed by atoms with van der Waals surface area (Å²) in [5, 5.41) is 5.50. The molecule has 0 amide bonds. The van der Waals surface area contributed by atoms with Gasteiger partial charge in [0.05, 0.1) is 0 Å². The first-order valence-corrected chi connectivity index (χ1v) is 2.96. The van der Waals surface area contributed by atoms with Gasteiger partial charge in [-0.25, -0.2) is 0 Å². The number of nitrogens with one attached hydrogen (secondary N) is 1. The summed E-state index contributed by atoms with van der Waals surface area (Å²) in [4.78, 5) is 0. The molecule has 0 saturated carbocycles. The van der Waals surface area contributed by atoms with Crippen LogP contribution in [0, 0.1) is 5.41 Å². The van der Waals surface area contributed by atoms with Crippen molar-refractivity contribution in [2.24, 2.45) is 0 Å². The van der Waals surface area contributed by atoms with Crippen LogP contribution in [0.4, 0.5) is 0 Å². The van der Waals surface area contributed by atoms with Crippen LogP contribution in [0.25, 0.3) is 0 Å². The standard InChI is InChI=1S/C3H5I.CH3N/c1-2-3-4;1-2/h2H,1,3H2;2H,1H2. The van der Waals surface area contributed by atoms with Gasteiger partial charge in [0.15, 0.2) is 0 Å². The Morgan fingerprint density at radius 2 is 1.83 bits per heavy atom. The second-order valence-electron chi connectivity index (χ2n) is 0.443. The molecule has 36 valence electrons. The number of alkyl halides is 1. The minimum Gasteiger partial charge on any atom is -0.317 e. The van der Waals surface area contributed by atoms with Crippen LogP contribution in [-0.4, -0.2) is 11.1 Å². The fourth-order valence-corrected chi connectivity index (χ4v) is 0. The molecule has 0 aromatic heterocycles. The van der Waals surface area contributed by atoms with Crippen molar-refractivity contribution in [3.8, 4) is 0 Å². The molecule has 0 heterocycles. The Balaban J connectivity index is 0. The summed E-state index contributed by atoms with van der Waals surface area (Å²) in [7, 11) is 0. The average Bonchev–Trinajstić information content (AvgIpc) is 1.72. The quantitative estimate of drug-likeness (QED) is 0.287. The molecule has 0 aliphatic carbocycles. The van der Waals surface area contributed by atoms with Gasteiger partial charge in [-0.1, -0.05) is 28.7 Å². The largest absolute Gasteiger partial charge is 0.317 e. The molecule has 1 nitrogen and oxygen atoms in total. The predicted octanol–water partition coefficient (Wildman–Crippen LogP) is 1.87. The van der Waals surface area contributed by atoms with Gasteiger partial charge in [0.25, 0.3) is 0 Å². The molecule has 2 heteroatoms. The third kappa shape index (κ3) is 31.4. The molecule has 1 N–H and O–H groups in total. The van der Waals surface area contributed by atoms with Gasteiger partial charge in [0.2, 0.25) is 0 Å². The fourth-order valence-electron chi connectivity index (χ4n) is 0. The van der Waals surface area contributed by atoms with Crippen molar-refractivity contribution in [1.29, 1.82) is 5.41 Å². The molecule has 0 spiro atoms. The predicted molar refractivity (Wildman–Crippen MR) is 38.9 cm³/mol.